The van der Waals surface area contributed by atoms with Crippen LogP contribution in [-0.2, 0) is 4.74 Å². The first-order valence-electron chi connectivity index (χ1n) is 8.01. The molecule has 1 rings (SSSR count). The van der Waals surface area contributed by atoms with E-state index < -0.39 is 43.2 Å². The molecule has 21 heavy (non-hydrogen) atoms. The lowest BCUT2D eigenvalue weighted by Gasteiger charge is -2.21. The Morgan fingerprint density at radius 2 is 1.38 bits per heavy atom. The van der Waals surface area contributed by atoms with Crippen molar-refractivity contribution in [3.8, 4) is 0 Å². The van der Waals surface area contributed by atoms with E-state index in [-0.39, 0.29) is 0 Å². The molecule has 0 spiro atoms. The summed E-state index contributed by atoms with van der Waals surface area (Å²) in [6.07, 6.45) is 0.420. The van der Waals surface area contributed by atoms with Crippen molar-refractivity contribution < 1.29 is 30.3 Å². The molecule has 6 atom stereocenters. The Balaban J connectivity index is 2.32. The molecule has 0 aromatic heterocycles. The van der Waals surface area contributed by atoms with E-state index in [2.05, 4.69) is 6.92 Å². The molecular formula is C15H30O6. The quantitative estimate of drug-likeness (QED) is 0.362. The van der Waals surface area contributed by atoms with Gasteiger partial charge in [-0.15, -0.1) is 0 Å². The molecule has 3 unspecified atom stereocenters. The number of aliphatic hydroxyl groups is 5. The van der Waals surface area contributed by atoms with Gasteiger partial charge in [0.2, 0.25) is 0 Å². The van der Waals surface area contributed by atoms with E-state index in [1.807, 2.05) is 0 Å². The first kappa shape index (κ1) is 18.8. The topological polar surface area (TPSA) is 110 Å². The molecule has 0 aromatic carbocycles. The predicted octanol–water partition coefficient (Wildman–Crippen LogP) is -0.0597. The van der Waals surface area contributed by atoms with Crippen LogP contribution in [0.3, 0.4) is 0 Å². The average molecular weight is 306 g/mol. The van der Waals surface area contributed by atoms with Gasteiger partial charge in [-0.25, -0.2) is 0 Å². The van der Waals surface area contributed by atoms with E-state index in [1.54, 1.807) is 0 Å². The average Bonchev–Trinajstić information content (AvgIpc) is 2.78. The van der Waals surface area contributed by atoms with Crippen molar-refractivity contribution in [3.05, 3.63) is 0 Å². The number of hydrogen-bond donors (Lipinski definition) is 5. The number of ether oxygens (including phenoxy) is 1. The Bertz CT molecular complexity index is 275. The maximum atomic E-state index is 10.1. The molecular weight excluding hydrogens is 276 g/mol. The fourth-order valence-corrected chi connectivity index (χ4v) is 2.77. The number of rotatable bonds is 10. The predicted molar refractivity (Wildman–Crippen MR) is 77.8 cm³/mol. The fourth-order valence-electron chi connectivity index (χ4n) is 2.77. The molecule has 0 radical (unpaired) electrons. The maximum absolute atomic E-state index is 10.1. The lowest BCUT2D eigenvalue weighted by Crippen LogP contribution is -2.41. The van der Waals surface area contributed by atoms with Crippen molar-refractivity contribution >= 4 is 0 Å². The molecule has 6 nitrogen and oxygen atoms in total. The minimum atomic E-state index is -1.30. The van der Waals surface area contributed by atoms with E-state index in [0.717, 1.165) is 19.3 Å². The SMILES string of the molecule is CCCCCCCCC(O)[C@@H]1O[C@H]([C@H](O)CO)C(O)C1O. The first-order valence-corrected chi connectivity index (χ1v) is 8.01. The van der Waals surface area contributed by atoms with Gasteiger partial charge in [-0.3, -0.25) is 0 Å². The second-order valence-electron chi connectivity index (χ2n) is 5.92. The summed E-state index contributed by atoms with van der Waals surface area (Å²) in [5.74, 6) is 0. The third-order valence-corrected chi connectivity index (χ3v) is 4.14. The van der Waals surface area contributed by atoms with E-state index in [0.29, 0.717) is 6.42 Å². The summed E-state index contributed by atoms with van der Waals surface area (Å²) in [5.41, 5.74) is 0. The molecule has 1 saturated heterocycles. The third kappa shape index (κ3) is 5.47. The van der Waals surface area contributed by atoms with Crippen molar-refractivity contribution in [1.82, 2.24) is 0 Å². The number of unbranched alkanes of at least 4 members (excludes halogenated alkanes) is 5. The van der Waals surface area contributed by atoms with Gasteiger partial charge in [-0.05, 0) is 6.42 Å². The van der Waals surface area contributed by atoms with Gasteiger partial charge in [0, 0.05) is 0 Å². The zero-order valence-corrected chi connectivity index (χ0v) is 12.8. The highest BCUT2D eigenvalue weighted by Gasteiger charge is 2.48. The van der Waals surface area contributed by atoms with E-state index in [9.17, 15) is 20.4 Å². The fraction of sp³-hybridized carbons (Fsp3) is 1.00. The summed E-state index contributed by atoms with van der Waals surface area (Å²) in [5, 5.41) is 48.1. The van der Waals surface area contributed by atoms with Crippen LogP contribution >= 0.6 is 0 Å². The zero-order chi connectivity index (χ0) is 15.8. The van der Waals surface area contributed by atoms with E-state index in [1.165, 1.54) is 19.3 Å². The molecule has 1 fully saturated rings. The molecule has 0 saturated carbocycles. The van der Waals surface area contributed by atoms with Crippen molar-refractivity contribution in [2.24, 2.45) is 0 Å². The second kappa shape index (κ2) is 9.71. The monoisotopic (exact) mass is 306 g/mol. The van der Waals surface area contributed by atoms with Crippen molar-refractivity contribution in [1.29, 1.82) is 0 Å². The van der Waals surface area contributed by atoms with Crippen LogP contribution in [0.2, 0.25) is 0 Å². The Morgan fingerprint density at radius 1 is 0.857 bits per heavy atom. The molecule has 0 bridgehead atoms. The van der Waals surface area contributed by atoms with Gasteiger partial charge in [-0.1, -0.05) is 45.4 Å². The van der Waals surface area contributed by atoms with Gasteiger partial charge < -0.3 is 30.3 Å². The minimum Gasteiger partial charge on any atom is -0.394 e. The minimum absolute atomic E-state index is 0.489. The van der Waals surface area contributed by atoms with Crippen LogP contribution in [0.5, 0.6) is 0 Å². The van der Waals surface area contributed by atoms with Crippen LogP contribution in [0.1, 0.15) is 51.9 Å². The highest BCUT2D eigenvalue weighted by Crippen LogP contribution is 2.27. The standard InChI is InChI=1S/C15H30O6/c1-2-3-4-5-6-7-8-10(17)14-12(19)13(20)15(21-14)11(18)9-16/h10-20H,2-9H2,1H3/t10?,11-,12?,13?,14+,15-/m1/s1. The van der Waals surface area contributed by atoms with Gasteiger partial charge in [0.05, 0.1) is 12.7 Å². The highest BCUT2D eigenvalue weighted by molar-refractivity contribution is 4.96. The highest BCUT2D eigenvalue weighted by atomic mass is 16.6. The number of aliphatic hydroxyl groups excluding tert-OH is 5. The van der Waals surface area contributed by atoms with Crippen LogP contribution in [0.15, 0.2) is 0 Å². The first-order chi connectivity index (χ1) is 10.0. The van der Waals surface area contributed by atoms with Crippen LogP contribution in [0.4, 0.5) is 0 Å². The van der Waals surface area contributed by atoms with Gasteiger partial charge >= 0.3 is 0 Å². The lowest BCUT2D eigenvalue weighted by atomic mass is 9.98. The molecule has 0 amide bonds. The molecule has 1 aliphatic rings. The van der Waals surface area contributed by atoms with Crippen LogP contribution in [-0.4, -0.2) is 68.8 Å². The van der Waals surface area contributed by atoms with E-state index >= 15 is 0 Å². The molecule has 1 heterocycles. The Morgan fingerprint density at radius 3 is 1.95 bits per heavy atom. The Kier molecular flexibility index (Phi) is 8.70. The van der Waals surface area contributed by atoms with E-state index in [4.69, 9.17) is 9.84 Å². The van der Waals surface area contributed by atoms with Gasteiger partial charge in [0.15, 0.2) is 0 Å². The summed E-state index contributed by atoms with van der Waals surface area (Å²) >= 11 is 0. The number of hydrogen-bond acceptors (Lipinski definition) is 6. The normalized spacial score (nSPS) is 32.3. The maximum Gasteiger partial charge on any atom is 0.115 e. The Labute approximate surface area is 126 Å². The Hall–Kier alpha value is -0.240. The molecule has 1 aliphatic heterocycles. The second-order valence-corrected chi connectivity index (χ2v) is 5.92. The molecule has 5 N–H and O–H groups in total. The summed E-state index contributed by atoms with van der Waals surface area (Å²) in [6.45, 7) is 1.60. The van der Waals surface area contributed by atoms with Gasteiger partial charge in [0.1, 0.15) is 30.5 Å². The van der Waals surface area contributed by atoms with Crippen molar-refractivity contribution in [3.63, 3.8) is 0 Å². The lowest BCUT2D eigenvalue weighted by molar-refractivity contribution is -0.107. The third-order valence-electron chi connectivity index (χ3n) is 4.14. The van der Waals surface area contributed by atoms with Crippen LogP contribution in [0.25, 0.3) is 0 Å². The molecule has 6 heteroatoms. The summed E-state index contributed by atoms with van der Waals surface area (Å²) in [7, 11) is 0. The van der Waals surface area contributed by atoms with Crippen LogP contribution in [0, 0.1) is 0 Å². The summed E-state index contributed by atoms with van der Waals surface area (Å²) in [4.78, 5) is 0. The smallest absolute Gasteiger partial charge is 0.115 e. The largest absolute Gasteiger partial charge is 0.394 e. The van der Waals surface area contributed by atoms with Crippen LogP contribution < -0.4 is 0 Å². The molecule has 0 aliphatic carbocycles. The summed E-state index contributed by atoms with van der Waals surface area (Å²) < 4.78 is 5.34. The van der Waals surface area contributed by atoms with Crippen molar-refractivity contribution in [2.45, 2.75) is 88.5 Å². The zero-order valence-electron chi connectivity index (χ0n) is 12.8. The van der Waals surface area contributed by atoms with Crippen molar-refractivity contribution in [2.75, 3.05) is 6.61 Å². The summed E-state index contributed by atoms with van der Waals surface area (Å²) in [6, 6.07) is 0. The molecule has 126 valence electrons. The van der Waals surface area contributed by atoms with Gasteiger partial charge in [0.25, 0.3) is 0 Å². The molecule has 0 aromatic rings. The van der Waals surface area contributed by atoms with Gasteiger partial charge in [-0.2, -0.15) is 0 Å².